The predicted octanol–water partition coefficient (Wildman–Crippen LogP) is 1.14. The lowest BCUT2D eigenvalue weighted by molar-refractivity contribution is 0.0218. The lowest BCUT2D eigenvalue weighted by Gasteiger charge is -2.46. The van der Waals surface area contributed by atoms with E-state index in [-0.39, 0.29) is 24.8 Å². The van der Waals surface area contributed by atoms with Gasteiger partial charge in [0.2, 0.25) is 0 Å². The van der Waals surface area contributed by atoms with Crippen LogP contribution in [0, 0.1) is 5.92 Å². The van der Waals surface area contributed by atoms with Crippen LogP contribution in [0.4, 0.5) is 0 Å². The maximum absolute atomic E-state index is 3.43. The van der Waals surface area contributed by atoms with Crippen molar-refractivity contribution in [3.05, 3.63) is 0 Å². The predicted molar refractivity (Wildman–Crippen MR) is 56.5 cm³/mol. The maximum Gasteiger partial charge on any atom is 0.0276 e. The third-order valence-corrected chi connectivity index (χ3v) is 2.84. The van der Waals surface area contributed by atoms with Crippen LogP contribution in [0.3, 0.4) is 0 Å². The molecule has 0 aromatic rings. The fraction of sp³-hybridized carbons (Fsp3) is 1.00. The standard InChI is InChI=1S/C8H16N2.2ClH/c1-6(2)10-5-7-3-9-4-8(7)10;;/h6-9H,3-5H2,1-2H3;2*1H. The van der Waals surface area contributed by atoms with Crippen molar-refractivity contribution in [1.82, 2.24) is 10.2 Å². The van der Waals surface area contributed by atoms with Gasteiger partial charge >= 0.3 is 0 Å². The summed E-state index contributed by atoms with van der Waals surface area (Å²) in [6, 6.07) is 1.63. The summed E-state index contributed by atoms with van der Waals surface area (Å²) in [5.41, 5.74) is 0. The van der Waals surface area contributed by atoms with Crippen molar-refractivity contribution in [3.8, 4) is 0 Å². The van der Waals surface area contributed by atoms with E-state index in [0.29, 0.717) is 0 Å². The molecule has 2 rings (SSSR count). The molecule has 2 nitrogen and oxygen atoms in total. The number of nitrogens with zero attached hydrogens (tertiary/aromatic N) is 1. The molecule has 4 heteroatoms. The summed E-state index contributed by atoms with van der Waals surface area (Å²) in [4.78, 5) is 2.59. The Hall–Kier alpha value is 0.500. The van der Waals surface area contributed by atoms with Gasteiger partial charge in [0, 0.05) is 37.6 Å². The Morgan fingerprint density at radius 3 is 2.42 bits per heavy atom. The average Bonchev–Trinajstić information content (AvgIpc) is 2.11. The first kappa shape index (κ1) is 12.5. The zero-order valence-electron chi connectivity index (χ0n) is 7.62. The summed E-state index contributed by atoms with van der Waals surface area (Å²) in [6.45, 7) is 8.38. The summed E-state index contributed by atoms with van der Waals surface area (Å²) in [5, 5.41) is 3.43. The fourth-order valence-electron chi connectivity index (χ4n) is 2.16. The van der Waals surface area contributed by atoms with E-state index < -0.39 is 0 Å². The van der Waals surface area contributed by atoms with Gasteiger partial charge in [-0.05, 0) is 13.8 Å². The number of halogens is 2. The van der Waals surface area contributed by atoms with E-state index >= 15 is 0 Å². The van der Waals surface area contributed by atoms with Crippen LogP contribution < -0.4 is 5.32 Å². The first-order valence-electron chi connectivity index (χ1n) is 4.25. The Bertz CT molecular complexity index is 141. The van der Waals surface area contributed by atoms with Crippen LogP contribution in [0.15, 0.2) is 0 Å². The van der Waals surface area contributed by atoms with Crippen molar-refractivity contribution >= 4 is 24.8 Å². The van der Waals surface area contributed by atoms with Crippen LogP contribution >= 0.6 is 24.8 Å². The molecule has 2 atom stereocenters. The molecule has 0 aromatic heterocycles. The smallest absolute Gasteiger partial charge is 0.0276 e. The highest BCUT2D eigenvalue weighted by molar-refractivity contribution is 5.85. The molecule has 0 aliphatic carbocycles. The summed E-state index contributed by atoms with van der Waals surface area (Å²) < 4.78 is 0. The van der Waals surface area contributed by atoms with Crippen molar-refractivity contribution in [1.29, 1.82) is 0 Å². The van der Waals surface area contributed by atoms with Crippen LogP contribution in [0.1, 0.15) is 13.8 Å². The molecule has 1 N–H and O–H groups in total. The van der Waals surface area contributed by atoms with Crippen molar-refractivity contribution in [2.75, 3.05) is 19.6 Å². The van der Waals surface area contributed by atoms with Gasteiger partial charge in [-0.2, -0.15) is 0 Å². The Balaban J connectivity index is 0.000000605. The quantitative estimate of drug-likeness (QED) is 0.702. The van der Waals surface area contributed by atoms with Gasteiger partial charge in [0.05, 0.1) is 0 Å². The van der Waals surface area contributed by atoms with E-state index in [1.807, 2.05) is 0 Å². The van der Waals surface area contributed by atoms with Crippen LogP contribution in [-0.2, 0) is 0 Å². The Labute approximate surface area is 86.9 Å². The number of hydrogen-bond acceptors (Lipinski definition) is 2. The molecule has 0 saturated carbocycles. The lowest BCUT2D eigenvalue weighted by Crippen LogP contribution is -2.58. The van der Waals surface area contributed by atoms with Crippen LogP contribution in [-0.4, -0.2) is 36.6 Å². The number of fused-ring (bicyclic) bond motifs is 1. The Morgan fingerprint density at radius 2 is 1.92 bits per heavy atom. The van der Waals surface area contributed by atoms with Crippen molar-refractivity contribution in [3.63, 3.8) is 0 Å². The van der Waals surface area contributed by atoms with Crippen LogP contribution in [0.2, 0.25) is 0 Å². The SMILES string of the molecule is CC(C)N1CC2CNCC21.Cl.Cl. The lowest BCUT2D eigenvalue weighted by atomic mass is 9.90. The molecule has 0 radical (unpaired) electrons. The first-order valence-corrected chi connectivity index (χ1v) is 4.25. The zero-order chi connectivity index (χ0) is 7.14. The third-order valence-electron chi connectivity index (χ3n) is 2.84. The summed E-state index contributed by atoms with van der Waals surface area (Å²) in [5.74, 6) is 0.974. The topological polar surface area (TPSA) is 15.3 Å². The van der Waals surface area contributed by atoms with Gasteiger partial charge < -0.3 is 5.32 Å². The number of nitrogens with one attached hydrogen (secondary N) is 1. The molecule has 2 unspecified atom stereocenters. The van der Waals surface area contributed by atoms with Crippen molar-refractivity contribution in [2.45, 2.75) is 25.9 Å². The minimum absolute atomic E-state index is 0. The molecule has 0 bridgehead atoms. The molecule has 2 saturated heterocycles. The van der Waals surface area contributed by atoms with Gasteiger partial charge in [0.15, 0.2) is 0 Å². The molecule has 0 aromatic carbocycles. The molecular weight excluding hydrogens is 195 g/mol. The normalized spacial score (nSPS) is 33.2. The fourth-order valence-corrected chi connectivity index (χ4v) is 2.16. The molecule has 12 heavy (non-hydrogen) atoms. The van der Waals surface area contributed by atoms with Gasteiger partial charge in [-0.25, -0.2) is 0 Å². The second-order valence-corrected chi connectivity index (χ2v) is 3.78. The van der Waals surface area contributed by atoms with Gasteiger partial charge in [0.25, 0.3) is 0 Å². The highest BCUT2D eigenvalue weighted by Gasteiger charge is 2.42. The molecule has 0 spiro atoms. The van der Waals surface area contributed by atoms with Gasteiger partial charge in [-0.1, -0.05) is 0 Å². The third kappa shape index (κ3) is 1.87. The average molecular weight is 213 g/mol. The van der Waals surface area contributed by atoms with E-state index in [9.17, 15) is 0 Å². The molecule has 2 aliphatic heterocycles. The zero-order valence-corrected chi connectivity index (χ0v) is 9.25. The minimum atomic E-state index is 0. The molecule has 0 amide bonds. The van der Waals surface area contributed by atoms with E-state index in [1.165, 1.54) is 19.6 Å². The maximum atomic E-state index is 3.43. The molecule has 2 heterocycles. The molecule has 2 aliphatic rings. The van der Waals surface area contributed by atoms with Crippen molar-refractivity contribution < 1.29 is 0 Å². The summed E-state index contributed by atoms with van der Waals surface area (Å²) in [6.07, 6.45) is 0. The van der Waals surface area contributed by atoms with Crippen LogP contribution in [0.5, 0.6) is 0 Å². The summed E-state index contributed by atoms with van der Waals surface area (Å²) in [7, 11) is 0. The number of likely N-dealkylation sites (tertiary alicyclic amines) is 1. The molecular formula is C8H18Cl2N2. The first-order chi connectivity index (χ1) is 4.79. The summed E-state index contributed by atoms with van der Waals surface area (Å²) >= 11 is 0. The largest absolute Gasteiger partial charge is 0.315 e. The monoisotopic (exact) mass is 212 g/mol. The Kier molecular flexibility index (Phi) is 4.85. The van der Waals surface area contributed by atoms with Gasteiger partial charge in [-0.15, -0.1) is 24.8 Å². The second-order valence-electron chi connectivity index (χ2n) is 3.78. The van der Waals surface area contributed by atoms with E-state index in [4.69, 9.17) is 0 Å². The second kappa shape index (κ2) is 4.66. The number of hydrogen-bond donors (Lipinski definition) is 1. The Morgan fingerprint density at radius 1 is 1.25 bits per heavy atom. The van der Waals surface area contributed by atoms with Gasteiger partial charge in [0.1, 0.15) is 0 Å². The van der Waals surface area contributed by atoms with E-state index in [1.54, 1.807) is 0 Å². The highest BCUT2D eigenvalue weighted by Crippen LogP contribution is 2.29. The number of rotatable bonds is 1. The minimum Gasteiger partial charge on any atom is -0.315 e. The highest BCUT2D eigenvalue weighted by atomic mass is 35.5. The van der Waals surface area contributed by atoms with Crippen LogP contribution in [0.25, 0.3) is 0 Å². The van der Waals surface area contributed by atoms with Gasteiger partial charge in [-0.3, -0.25) is 4.90 Å². The van der Waals surface area contributed by atoms with Crippen molar-refractivity contribution in [2.24, 2.45) is 5.92 Å². The van der Waals surface area contributed by atoms with E-state index in [2.05, 4.69) is 24.1 Å². The molecule has 2 fully saturated rings. The molecule has 74 valence electrons. The van der Waals surface area contributed by atoms with E-state index in [0.717, 1.165) is 18.0 Å².